The Hall–Kier alpha value is -1.88. The molecule has 0 spiro atoms. The van der Waals surface area contributed by atoms with Gasteiger partial charge < -0.3 is 19.6 Å². The van der Waals surface area contributed by atoms with E-state index in [2.05, 4.69) is 5.32 Å². The molecule has 1 N–H and O–H groups in total. The summed E-state index contributed by atoms with van der Waals surface area (Å²) in [4.78, 5) is 22.8. The molecule has 0 saturated heterocycles. The van der Waals surface area contributed by atoms with E-state index in [1.807, 2.05) is 30.3 Å². The van der Waals surface area contributed by atoms with E-state index >= 15 is 0 Å². The van der Waals surface area contributed by atoms with Crippen molar-refractivity contribution in [2.75, 3.05) is 0 Å². The van der Waals surface area contributed by atoms with E-state index in [1.165, 1.54) is 0 Å². The molecule has 21 heavy (non-hydrogen) atoms. The van der Waals surface area contributed by atoms with Gasteiger partial charge in [-0.3, -0.25) is 0 Å². The zero-order valence-corrected chi connectivity index (χ0v) is 13.0. The second-order valence-corrected chi connectivity index (χ2v) is 5.81. The molecular formula is C16H23NO4. The molecule has 1 amide bonds. The summed E-state index contributed by atoms with van der Waals surface area (Å²) in [6.07, 6.45) is -0.426. The summed E-state index contributed by atoms with van der Waals surface area (Å²) < 4.78 is 10.7. The Morgan fingerprint density at radius 3 is 2.43 bits per heavy atom. The number of rotatable bonds is 6. The van der Waals surface area contributed by atoms with Crippen LogP contribution in [0.25, 0.3) is 0 Å². The number of nitrogens with one attached hydrogen (secondary N) is 1. The van der Waals surface area contributed by atoms with Crippen molar-refractivity contribution in [1.29, 1.82) is 0 Å². The van der Waals surface area contributed by atoms with Crippen molar-refractivity contribution in [3.63, 3.8) is 0 Å². The first kappa shape index (κ1) is 17.2. The summed E-state index contributed by atoms with van der Waals surface area (Å²) in [5, 5.41) is 2.51. The lowest BCUT2D eigenvalue weighted by molar-refractivity contribution is -0.113. The van der Waals surface area contributed by atoms with Crippen LogP contribution in [0.15, 0.2) is 30.3 Å². The number of carbonyl (C=O) groups excluding carboxylic acids is 2. The van der Waals surface area contributed by atoms with Crippen molar-refractivity contribution in [3.8, 4) is 0 Å². The maximum Gasteiger partial charge on any atom is 0.408 e. The van der Waals surface area contributed by atoms with Crippen LogP contribution in [0, 0.1) is 0 Å². The van der Waals surface area contributed by atoms with Gasteiger partial charge in [-0.25, -0.2) is 4.79 Å². The molecule has 5 heteroatoms. The molecule has 0 aliphatic heterocycles. The van der Waals surface area contributed by atoms with Crippen LogP contribution in [0.1, 0.15) is 33.3 Å². The number of aldehydes is 1. The smallest absolute Gasteiger partial charge is 0.408 e. The lowest BCUT2D eigenvalue weighted by Crippen LogP contribution is -2.46. The Morgan fingerprint density at radius 1 is 1.29 bits per heavy atom. The topological polar surface area (TPSA) is 64.6 Å². The van der Waals surface area contributed by atoms with Crippen LogP contribution in [-0.4, -0.2) is 30.1 Å². The predicted octanol–water partition coefficient (Wildman–Crippen LogP) is 2.68. The first-order chi connectivity index (χ1) is 9.81. The molecule has 116 valence electrons. The monoisotopic (exact) mass is 293 g/mol. The number of amides is 1. The molecule has 0 aliphatic rings. The van der Waals surface area contributed by atoms with Crippen LogP contribution in [0.3, 0.4) is 0 Å². The maximum absolute atomic E-state index is 11.7. The number of ether oxygens (including phenoxy) is 2. The van der Waals surface area contributed by atoms with Crippen LogP contribution in [0.2, 0.25) is 0 Å². The quantitative estimate of drug-likeness (QED) is 0.819. The molecule has 1 aromatic rings. The third-order valence-electron chi connectivity index (χ3n) is 2.69. The van der Waals surface area contributed by atoms with E-state index in [0.29, 0.717) is 12.9 Å². The Morgan fingerprint density at radius 2 is 1.90 bits per heavy atom. The lowest BCUT2D eigenvalue weighted by atomic mass is 10.2. The van der Waals surface area contributed by atoms with E-state index in [0.717, 1.165) is 5.56 Å². The number of hydrogen-bond donors (Lipinski definition) is 1. The lowest BCUT2D eigenvalue weighted by Gasteiger charge is -2.24. The van der Waals surface area contributed by atoms with Crippen LogP contribution < -0.4 is 5.32 Å². The predicted molar refractivity (Wildman–Crippen MR) is 79.9 cm³/mol. The van der Waals surface area contributed by atoms with E-state index < -0.39 is 23.8 Å². The largest absolute Gasteiger partial charge is 0.444 e. The maximum atomic E-state index is 11.7. The van der Waals surface area contributed by atoms with Gasteiger partial charge >= 0.3 is 6.09 Å². The molecule has 0 aliphatic carbocycles. The molecule has 2 atom stereocenters. The van der Waals surface area contributed by atoms with Crippen LogP contribution in [0.5, 0.6) is 0 Å². The zero-order chi connectivity index (χ0) is 15.9. The Kier molecular flexibility index (Phi) is 6.37. The molecular weight excluding hydrogens is 270 g/mol. The fraction of sp³-hybridized carbons (Fsp3) is 0.500. The summed E-state index contributed by atoms with van der Waals surface area (Å²) in [7, 11) is 0. The number of carbonyl (C=O) groups is 2. The highest BCUT2D eigenvalue weighted by Gasteiger charge is 2.23. The molecule has 0 heterocycles. The average Bonchev–Trinajstić information content (AvgIpc) is 2.41. The molecule has 0 fully saturated rings. The normalized spacial score (nSPS) is 14.1. The summed E-state index contributed by atoms with van der Waals surface area (Å²) in [6.45, 7) is 7.40. The van der Waals surface area contributed by atoms with Crippen molar-refractivity contribution in [2.45, 2.75) is 52.0 Å². The standard InChI is InChI=1S/C16H23NO4/c1-12(20-11-13-8-6-5-7-9-13)14(10-18)17-15(19)21-16(2,3)4/h5-10,12,14H,11H2,1-4H3,(H,17,19)/t12-,14-/m1/s1. The van der Waals surface area contributed by atoms with E-state index in [-0.39, 0.29) is 0 Å². The van der Waals surface area contributed by atoms with Gasteiger partial charge in [0.25, 0.3) is 0 Å². The second kappa shape index (κ2) is 7.78. The second-order valence-electron chi connectivity index (χ2n) is 5.81. The van der Waals surface area contributed by atoms with Gasteiger partial charge in [-0.2, -0.15) is 0 Å². The highest BCUT2D eigenvalue weighted by molar-refractivity contribution is 5.73. The highest BCUT2D eigenvalue weighted by atomic mass is 16.6. The van der Waals surface area contributed by atoms with Crippen LogP contribution in [0.4, 0.5) is 4.79 Å². The van der Waals surface area contributed by atoms with Gasteiger partial charge in [0.1, 0.15) is 17.9 Å². The third kappa shape index (κ3) is 6.90. The Balaban J connectivity index is 2.47. The molecule has 1 aromatic carbocycles. The number of alkyl carbamates (subject to hydrolysis) is 1. The fourth-order valence-corrected chi connectivity index (χ4v) is 1.61. The number of hydrogen-bond acceptors (Lipinski definition) is 4. The van der Waals surface area contributed by atoms with E-state index in [4.69, 9.17) is 9.47 Å². The molecule has 0 saturated carbocycles. The number of benzene rings is 1. The van der Waals surface area contributed by atoms with Crippen molar-refractivity contribution in [3.05, 3.63) is 35.9 Å². The van der Waals surface area contributed by atoms with E-state index in [1.54, 1.807) is 27.7 Å². The third-order valence-corrected chi connectivity index (χ3v) is 2.69. The zero-order valence-electron chi connectivity index (χ0n) is 13.0. The molecule has 5 nitrogen and oxygen atoms in total. The molecule has 1 rings (SSSR count). The van der Waals surface area contributed by atoms with Crippen molar-refractivity contribution in [2.24, 2.45) is 0 Å². The van der Waals surface area contributed by atoms with Crippen molar-refractivity contribution in [1.82, 2.24) is 5.32 Å². The van der Waals surface area contributed by atoms with Gasteiger partial charge in [0.05, 0.1) is 12.7 Å². The first-order valence-electron chi connectivity index (χ1n) is 6.92. The van der Waals surface area contributed by atoms with Gasteiger partial charge in [-0.1, -0.05) is 30.3 Å². The summed E-state index contributed by atoms with van der Waals surface area (Å²) in [5.74, 6) is 0. The summed E-state index contributed by atoms with van der Waals surface area (Å²) in [6, 6.07) is 8.88. The van der Waals surface area contributed by atoms with Gasteiger partial charge in [-0.05, 0) is 33.3 Å². The molecule has 0 bridgehead atoms. The van der Waals surface area contributed by atoms with Crippen molar-refractivity contribution >= 4 is 12.4 Å². The summed E-state index contributed by atoms with van der Waals surface area (Å²) >= 11 is 0. The molecule has 0 unspecified atom stereocenters. The minimum Gasteiger partial charge on any atom is -0.444 e. The van der Waals surface area contributed by atoms with Crippen molar-refractivity contribution < 1.29 is 19.1 Å². The first-order valence-corrected chi connectivity index (χ1v) is 6.92. The van der Waals surface area contributed by atoms with Crippen LogP contribution in [-0.2, 0) is 20.9 Å². The Labute approximate surface area is 125 Å². The SMILES string of the molecule is C[C@@H](OCc1ccccc1)[C@@H](C=O)NC(=O)OC(C)(C)C. The van der Waals surface area contributed by atoms with Gasteiger partial charge in [-0.15, -0.1) is 0 Å². The van der Waals surface area contributed by atoms with E-state index in [9.17, 15) is 9.59 Å². The van der Waals surface area contributed by atoms with Gasteiger partial charge in [0.15, 0.2) is 0 Å². The minimum atomic E-state index is -0.747. The van der Waals surface area contributed by atoms with Crippen LogP contribution >= 0.6 is 0 Å². The summed E-state index contributed by atoms with van der Waals surface area (Å²) in [5.41, 5.74) is 0.400. The fourth-order valence-electron chi connectivity index (χ4n) is 1.61. The van der Waals surface area contributed by atoms with Gasteiger partial charge in [0, 0.05) is 0 Å². The van der Waals surface area contributed by atoms with Gasteiger partial charge in [0.2, 0.25) is 0 Å². The molecule has 0 radical (unpaired) electrons. The highest BCUT2D eigenvalue weighted by Crippen LogP contribution is 2.09. The Bertz CT molecular complexity index is 453. The minimum absolute atomic E-state index is 0.377. The molecule has 0 aromatic heterocycles. The average molecular weight is 293 g/mol.